The van der Waals surface area contributed by atoms with E-state index in [0.717, 1.165) is 37.6 Å². The molecule has 0 saturated carbocycles. The number of hydrogen-bond donors (Lipinski definition) is 0. The Labute approximate surface area is 161 Å². The summed E-state index contributed by atoms with van der Waals surface area (Å²) in [6.45, 7) is 4.19. The predicted octanol–water partition coefficient (Wildman–Crippen LogP) is 2.47. The van der Waals surface area contributed by atoms with Gasteiger partial charge in [-0.15, -0.1) is 11.3 Å². The van der Waals surface area contributed by atoms with Crippen molar-refractivity contribution >= 4 is 17.2 Å². The Balaban J connectivity index is 1.23. The van der Waals surface area contributed by atoms with Crippen molar-refractivity contribution in [2.75, 3.05) is 26.2 Å². The van der Waals surface area contributed by atoms with E-state index in [-0.39, 0.29) is 5.91 Å². The maximum Gasteiger partial charge on any atom is 0.227 e. The molecule has 1 fully saturated rings. The molecule has 0 bridgehead atoms. The smallest absolute Gasteiger partial charge is 0.227 e. The third-order valence-electron chi connectivity index (χ3n) is 4.64. The van der Waals surface area contributed by atoms with Gasteiger partial charge in [0.2, 0.25) is 17.6 Å². The molecule has 1 aliphatic heterocycles. The fraction of sp³-hybridized carbons (Fsp3) is 0.368. The third-order valence-corrected chi connectivity index (χ3v) is 5.51. The molecule has 0 atom stereocenters. The summed E-state index contributed by atoms with van der Waals surface area (Å²) in [6.07, 6.45) is 4.51. The first kappa shape index (κ1) is 17.8. The Kier molecular flexibility index (Phi) is 5.55. The van der Waals surface area contributed by atoms with E-state index >= 15 is 0 Å². The first-order valence-corrected chi connectivity index (χ1v) is 9.91. The normalized spacial score (nSPS) is 15.2. The molecule has 0 radical (unpaired) electrons. The van der Waals surface area contributed by atoms with Crippen molar-refractivity contribution in [1.82, 2.24) is 24.9 Å². The van der Waals surface area contributed by atoms with Crippen LogP contribution < -0.4 is 0 Å². The summed E-state index contributed by atoms with van der Waals surface area (Å²) in [5.41, 5.74) is 1.25. The summed E-state index contributed by atoms with van der Waals surface area (Å²) in [5, 5.41) is 5.96. The van der Waals surface area contributed by atoms with Gasteiger partial charge >= 0.3 is 0 Å². The van der Waals surface area contributed by atoms with Crippen LogP contribution in [0.25, 0.3) is 10.7 Å². The fourth-order valence-corrected chi connectivity index (χ4v) is 3.79. The van der Waals surface area contributed by atoms with Crippen LogP contribution in [0.2, 0.25) is 0 Å². The van der Waals surface area contributed by atoms with Crippen molar-refractivity contribution < 1.29 is 9.32 Å². The molecular formula is C19H21N5O2S. The van der Waals surface area contributed by atoms with Gasteiger partial charge in [-0.1, -0.05) is 11.2 Å². The first-order chi connectivity index (χ1) is 13.3. The first-order valence-electron chi connectivity index (χ1n) is 9.03. The van der Waals surface area contributed by atoms with Crippen LogP contribution in [0, 0.1) is 0 Å². The molecule has 0 N–H and O–H groups in total. The average Bonchev–Trinajstić information content (AvgIpc) is 3.39. The molecule has 1 saturated heterocycles. The largest absolute Gasteiger partial charge is 0.340 e. The highest BCUT2D eigenvalue weighted by molar-refractivity contribution is 7.13. The number of thiophene rings is 1. The quantitative estimate of drug-likeness (QED) is 0.651. The molecule has 0 spiro atoms. The second-order valence-corrected chi connectivity index (χ2v) is 7.45. The molecule has 4 heterocycles. The van der Waals surface area contributed by atoms with Crippen molar-refractivity contribution in [1.29, 1.82) is 0 Å². The summed E-state index contributed by atoms with van der Waals surface area (Å²) in [5.74, 6) is 1.26. The highest BCUT2D eigenvalue weighted by Crippen LogP contribution is 2.21. The minimum atomic E-state index is 0.148. The Hall–Kier alpha value is -2.58. The van der Waals surface area contributed by atoms with Crippen LogP contribution in [0.5, 0.6) is 0 Å². The highest BCUT2D eigenvalue weighted by Gasteiger charge is 2.21. The zero-order chi connectivity index (χ0) is 18.5. The highest BCUT2D eigenvalue weighted by atomic mass is 32.1. The summed E-state index contributed by atoms with van der Waals surface area (Å²) in [7, 11) is 0. The molecule has 7 nitrogen and oxygen atoms in total. The summed E-state index contributed by atoms with van der Waals surface area (Å²) in [4.78, 5) is 26.2. The van der Waals surface area contributed by atoms with E-state index in [2.05, 4.69) is 20.0 Å². The number of piperazine rings is 1. The minimum Gasteiger partial charge on any atom is -0.340 e. The monoisotopic (exact) mass is 383 g/mol. The molecule has 0 aliphatic carbocycles. The zero-order valence-electron chi connectivity index (χ0n) is 15.0. The lowest BCUT2D eigenvalue weighted by Crippen LogP contribution is -2.48. The molecule has 1 aliphatic rings. The molecule has 3 aromatic rings. The molecule has 4 rings (SSSR count). The standard InChI is InChI=1S/C19H21N5O2S/c25-18(4-3-17-21-19(22-26-17)16-2-1-13-27-16)24-11-9-23(10-12-24)14-15-5-7-20-8-6-15/h1-2,5-8,13H,3-4,9-12,14H2. The average molecular weight is 383 g/mol. The van der Waals surface area contributed by atoms with Crippen LogP contribution in [0.15, 0.2) is 46.6 Å². The van der Waals surface area contributed by atoms with Gasteiger partial charge in [0.05, 0.1) is 4.88 Å². The van der Waals surface area contributed by atoms with E-state index in [0.29, 0.717) is 24.6 Å². The maximum atomic E-state index is 12.5. The lowest BCUT2D eigenvalue weighted by Gasteiger charge is -2.34. The van der Waals surface area contributed by atoms with Gasteiger partial charge in [0.15, 0.2) is 0 Å². The van der Waals surface area contributed by atoms with Crippen LogP contribution in [0.3, 0.4) is 0 Å². The number of amides is 1. The molecule has 0 aromatic carbocycles. The van der Waals surface area contributed by atoms with Crippen LogP contribution in [0.1, 0.15) is 17.9 Å². The molecule has 27 heavy (non-hydrogen) atoms. The second kappa shape index (κ2) is 8.41. The van der Waals surface area contributed by atoms with E-state index in [1.54, 1.807) is 11.3 Å². The SMILES string of the molecule is O=C(CCc1nc(-c2cccs2)no1)N1CCN(Cc2ccncc2)CC1. The van der Waals surface area contributed by atoms with E-state index in [1.807, 2.05) is 46.9 Å². The van der Waals surface area contributed by atoms with Gasteiger partial charge in [0, 0.05) is 58.0 Å². The number of carbonyl (C=O) groups excluding carboxylic acids is 1. The number of pyridine rings is 1. The van der Waals surface area contributed by atoms with Crippen LogP contribution in [-0.2, 0) is 17.8 Å². The van der Waals surface area contributed by atoms with E-state index < -0.39 is 0 Å². The predicted molar refractivity (Wildman–Crippen MR) is 102 cm³/mol. The van der Waals surface area contributed by atoms with E-state index in [4.69, 9.17) is 4.52 Å². The van der Waals surface area contributed by atoms with E-state index in [1.165, 1.54) is 5.56 Å². The number of carbonyl (C=O) groups is 1. The van der Waals surface area contributed by atoms with Gasteiger partial charge in [-0.25, -0.2) is 0 Å². The van der Waals surface area contributed by atoms with Crippen LogP contribution in [-0.4, -0.2) is 57.0 Å². The second-order valence-electron chi connectivity index (χ2n) is 6.50. The molecule has 1 amide bonds. The number of nitrogens with zero attached hydrogens (tertiary/aromatic N) is 5. The van der Waals surface area contributed by atoms with Crippen molar-refractivity contribution in [3.05, 3.63) is 53.5 Å². The van der Waals surface area contributed by atoms with Gasteiger partial charge in [0.1, 0.15) is 0 Å². The summed E-state index contributed by atoms with van der Waals surface area (Å²) in [6, 6.07) is 7.97. The Morgan fingerprint density at radius 2 is 1.96 bits per heavy atom. The molecule has 140 valence electrons. The van der Waals surface area contributed by atoms with Gasteiger partial charge < -0.3 is 9.42 Å². The van der Waals surface area contributed by atoms with Crippen LogP contribution >= 0.6 is 11.3 Å². The Bertz CT molecular complexity index is 857. The number of rotatable bonds is 6. The van der Waals surface area contributed by atoms with Gasteiger partial charge in [-0.2, -0.15) is 4.98 Å². The zero-order valence-corrected chi connectivity index (χ0v) is 15.8. The molecule has 3 aromatic heterocycles. The Morgan fingerprint density at radius 3 is 2.70 bits per heavy atom. The number of hydrogen-bond acceptors (Lipinski definition) is 7. The van der Waals surface area contributed by atoms with Crippen molar-refractivity contribution in [3.8, 4) is 10.7 Å². The number of aryl methyl sites for hydroxylation is 1. The summed E-state index contributed by atoms with van der Waals surface area (Å²) < 4.78 is 5.27. The summed E-state index contributed by atoms with van der Waals surface area (Å²) >= 11 is 1.57. The van der Waals surface area contributed by atoms with Gasteiger partial charge in [0.25, 0.3) is 0 Å². The van der Waals surface area contributed by atoms with Crippen molar-refractivity contribution in [2.24, 2.45) is 0 Å². The number of aromatic nitrogens is 3. The third kappa shape index (κ3) is 4.58. The molecule has 0 unspecified atom stereocenters. The lowest BCUT2D eigenvalue weighted by atomic mass is 10.2. The Morgan fingerprint density at radius 1 is 1.15 bits per heavy atom. The van der Waals surface area contributed by atoms with Gasteiger partial charge in [-0.3, -0.25) is 14.7 Å². The topological polar surface area (TPSA) is 75.4 Å². The maximum absolute atomic E-state index is 12.5. The fourth-order valence-electron chi connectivity index (χ4n) is 3.14. The van der Waals surface area contributed by atoms with Crippen molar-refractivity contribution in [3.63, 3.8) is 0 Å². The van der Waals surface area contributed by atoms with Gasteiger partial charge in [-0.05, 0) is 29.1 Å². The minimum absolute atomic E-state index is 0.148. The molecule has 8 heteroatoms. The van der Waals surface area contributed by atoms with Crippen molar-refractivity contribution in [2.45, 2.75) is 19.4 Å². The molecular weight excluding hydrogens is 362 g/mol. The lowest BCUT2D eigenvalue weighted by molar-refractivity contribution is -0.133. The van der Waals surface area contributed by atoms with Crippen LogP contribution in [0.4, 0.5) is 0 Å². The van der Waals surface area contributed by atoms with E-state index in [9.17, 15) is 4.79 Å².